The monoisotopic (exact) mass is 776 g/mol. The van der Waals surface area contributed by atoms with E-state index in [-0.39, 0.29) is 0 Å². The van der Waals surface area contributed by atoms with Crippen molar-refractivity contribution in [1.82, 2.24) is 9.13 Å². The minimum Gasteiger partial charge on any atom is -0.372 e. The molecule has 0 spiro atoms. The Bertz CT molecular complexity index is 2930. The molecule has 0 radical (unpaired) electrons. The lowest BCUT2D eigenvalue weighted by atomic mass is 10.0. The molecule has 0 saturated heterocycles. The average molecular weight is 777 g/mol. The van der Waals surface area contributed by atoms with Gasteiger partial charge in [-0.15, -0.1) is 0 Å². The molecule has 0 bridgehead atoms. The number of nitrogens with zero attached hydrogens (tertiary/aromatic N) is 2. The van der Waals surface area contributed by atoms with Crippen LogP contribution < -0.4 is 0 Å². The van der Waals surface area contributed by atoms with Crippen molar-refractivity contribution in [2.45, 2.75) is 26.4 Å². The van der Waals surface area contributed by atoms with Crippen LogP contribution in [0.2, 0.25) is 0 Å². The normalized spacial score (nSPS) is 11.5. The van der Waals surface area contributed by atoms with Crippen molar-refractivity contribution in [2.75, 3.05) is 0 Å². The van der Waals surface area contributed by atoms with Crippen molar-refractivity contribution in [3.05, 3.63) is 229 Å². The van der Waals surface area contributed by atoms with Gasteiger partial charge in [0.05, 0.1) is 48.5 Å². The van der Waals surface area contributed by atoms with Crippen LogP contribution >= 0.6 is 0 Å². The Labute approximate surface area is 350 Å². The summed E-state index contributed by atoms with van der Waals surface area (Å²) in [4.78, 5) is 0. The van der Waals surface area contributed by atoms with Crippen molar-refractivity contribution in [1.29, 1.82) is 0 Å². The van der Waals surface area contributed by atoms with Crippen molar-refractivity contribution >= 4 is 55.8 Å². The van der Waals surface area contributed by atoms with Crippen LogP contribution in [0.1, 0.15) is 33.4 Å². The van der Waals surface area contributed by atoms with E-state index in [1.54, 1.807) is 0 Å². The van der Waals surface area contributed by atoms with E-state index in [0.29, 0.717) is 26.4 Å². The molecule has 2 aromatic heterocycles. The van der Waals surface area contributed by atoms with Gasteiger partial charge in [-0.25, -0.2) is 0 Å². The lowest BCUT2D eigenvalue weighted by Crippen LogP contribution is -1.97. The van der Waals surface area contributed by atoms with Gasteiger partial charge in [-0.3, -0.25) is 0 Å². The summed E-state index contributed by atoms with van der Waals surface area (Å²) in [5.74, 6) is 0. The maximum absolute atomic E-state index is 6.07. The van der Waals surface area contributed by atoms with Crippen LogP contribution in [-0.4, -0.2) is 9.13 Å². The minimum atomic E-state index is 0.554. The Kier molecular flexibility index (Phi) is 10.00. The van der Waals surface area contributed by atoms with Gasteiger partial charge < -0.3 is 18.6 Å². The third-order valence-corrected chi connectivity index (χ3v) is 11.6. The van der Waals surface area contributed by atoms with E-state index >= 15 is 0 Å². The second kappa shape index (κ2) is 16.2. The maximum atomic E-state index is 6.07. The Morgan fingerprint density at radius 3 is 1.05 bits per heavy atom. The highest BCUT2D eigenvalue weighted by molar-refractivity contribution is 6.12. The highest BCUT2D eigenvalue weighted by atomic mass is 16.5. The zero-order valence-electron chi connectivity index (χ0n) is 33.4. The Morgan fingerprint density at radius 2 is 0.683 bits per heavy atom. The molecular formula is C56H44N2O2. The van der Waals surface area contributed by atoms with E-state index < -0.39 is 0 Å². The zero-order valence-corrected chi connectivity index (χ0v) is 33.4. The maximum Gasteiger partial charge on any atom is 0.0721 e. The summed E-state index contributed by atoms with van der Waals surface area (Å²) >= 11 is 0. The van der Waals surface area contributed by atoms with Gasteiger partial charge in [-0.2, -0.15) is 0 Å². The van der Waals surface area contributed by atoms with Crippen molar-refractivity contribution in [3.8, 4) is 22.5 Å². The van der Waals surface area contributed by atoms with Gasteiger partial charge >= 0.3 is 0 Å². The van der Waals surface area contributed by atoms with Crippen LogP contribution in [0.15, 0.2) is 195 Å². The Hall–Kier alpha value is -7.24. The number of rotatable bonds is 13. The first-order valence-corrected chi connectivity index (χ1v) is 20.5. The number of aromatic nitrogens is 2. The molecule has 0 aliphatic rings. The van der Waals surface area contributed by atoms with E-state index in [2.05, 4.69) is 204 Å². The Morgan fingerprint density at radius 1 is 0.350 bits per heavy atom. The van der Waals surface area contributed by atoms with Gasteiger partial charge in [0, 0.05) is 32.9 Å². The molecule has 0 atom stereocenters. The first-order valence-electron chi connectivity index (χ1n) is 20.5. The molecule has 10 rings (SSSR count). The van der Waals surface area contributed by atoms with Crippen molar-refractivity contribution in [2.24, 2.45) is 0 Å². The highest BCUT2D eigenvalue weighted by Gasteiger charge is 2.16. The fraction of sp³-hybridized carbons (Fsp3) is 0.0714. The van der Waals surface area contributed by atoms with Gasteiger partial charge in [0.1, 0.15) is 0 Å². The van der Waals surface area contributed by atoms with E-state index in [9.17, 15) is 0 Å². The summed E-state index contributed by atoms with van der Waals surface area (Å²) in [5, 5.41) is 4.93. The number of para-hydroxylation sites is 2. The third-order valence-electron chi connectivity index (χ3n) is 11.6. The summed E-state index contributed by atoms with van der Waals surface area (Å²) in [6.07, 6.45) is 3.71. The van der Waals surface area contributed by atoms with Crippen molar-refractivity contribution in [3.63, 3.8) is 0 Å². The quantitative estimate of drug-likeness (QED) is 0.117. The second-order valence-electron chi connectivity index (χ2n) is 15.4. The Balaban J connectivity index is 0.917. The van der Waals surface area contributed by atoms with Crippen LogP contribution in [-0.2, 0) is 35.9 Å². The minimum absolute atomic E-state index is 0.554. The van der Waals surface area contributed by atoms with E-state index in [4.69, 9.17) is 9.47 Å². The number of hydrogen-bond donors (Lipinski definition) is 0. The molecule has 2 heterocycles. The summed E-state index contributed by atoms with van der Waals surface area (Å²) in [5.41, 5.74) is 16.2. The van der Waals surface area contributed by atoms with E-state index in [1.807, 2.05) is 12.2 Å². The molecule has 8 aromatic carbocycles. The molecule has 4 heteroatoms. The summed E-state index contributed by atoms with van der Waals surface area (Å²) in [7, 11) is 0. The first-order chi connectivity index (χ1) is 29.6. The average Bonchev–Trinajstić information content (AvgIpc) is 3.82. The van der Waals surface area contributed by atoms with Gasteiger partial charge in [-0.05, 0) is 105 Å². The lowest BCUT2D eigenvalue weighted by Gasteiger charge is -2.11. The summed E-state index contributed by atoms with van der Waals surface area (Å²) in [6.45, 7) is 9.93. The number of fused-ring (bicyclic) bond motifs is 6. The molecule has 0 fully saturated rings. The SMILES string of the molecule is C=Cc1ccc(COCc2ccc(-n3c4ccccc4c4cc(-c5ccc6c(c5)c5ccccc5n6-c5ccc(COCc6ccc(C=C)cc6)cc5)ccc43)cc2)cc1. The second-order valence-corrected chi connectivity index (χ2v) is 15.4. The largest absolute Gasteiger partial charge is 0.372 e. The molecule has 0 amide bonds. The number of hydrogen-bond acceptors (Lipinski definition) is 2. The third kappa shape index (κ3) is 7.13. The lowest BCUT2D eigenvalue weighted by molar-refractivity contribution is 0.107. The van der Waals surface area contributed by atoms with Crippen LogP contribution in [0.3, 0.4) is 0 Å². The molecule has 290 valence electrons. The fourth-order valence-electron chi connectivity index (χ4n) is 8.42. The molecule has 0 aliphatic carbocycles. The molecule has 0 saturated carbocycles. The van der Waals surface area contributed by atoms with Crippen LogP contribution in [0.25, 0.3) is 78.3 Å². The van der Waals surface area contributed by atoms with E-state index in [1.165, 1.54) is 54.7 Å². The van der Waals surface area contributed by atoms with Crippen LogP contribution in [0.5, 0.6) is 0 Å². The standard InChI is InChI=1S/C56H44N2O2/c1-3-39-13-17-41(18-14-39)35-59-37-43-21-27-47(28-22-43)57-53-11-7-5-9-49(53)51-33-45(25-31-55(51)57)46-26-32-56-52(34-46)50-10-6-8-12-54(50)58(56)48-29-23-44(24-30-48)38-60-36-42-19-15-40(4-2)16-20-42/h3-34H,1-2,35-38H2. The van der Waals surface area contributed by atoms with Gasteiger partial charge in [-0.1, -0.05) is 147 Å². The van der Waals surface area contributed by atoms with Crippen molar-refractivity contribution < 1.29 is 9.47 Å². The molecule has 0 N–H and O–H groups in total. The van der Waals surface area contributed by atoms with Gasteiger partial charge in [0.25, 0.3) is 0 Å². The molecule has 10 aromatic rings. The summed E-state index contributed by atoms with van der Waals surface area (Å²) < 4.78 is 16.9. The smallest absolute Gasteiger partial charge is 0.0721 e. The first kappa shape index (κ1) is 37.1. The zero-order chi connectivity index (χ0) is 40.4. The molecule has 4 nitrogen and oxygen atoms in total. The fourth-order valence-corrected chi connectivity index (χ4v) is 8.42. The van der Waals surface area contributed by atoms with Crippen LogP contribution in [0, 0.1) is 0 Å². The predicted molar refractivity (Wildman–Crippen MR) is 251 cm³/mol. The summed E-state index contributed by atoms with van der Waals surface area (Å²) in [6, 6.07) is 65.3. The van der Waals surface area contributed by atoms with Gasteiger partial charge in [0.2, 0.25) is 0 Å². The predicted octanol–water partition coefficient (Wildman–Crippen LogP) is 14.3. The number of ether oxygens (including phenoxy) is 2. The molecule has 60 heavy (non-hydrogen) atoms. The van der Waals surface area contributed by atoms with E-state index in [0.717, 1.165) is 44.8 Å². The van der Waals surface area contributed by atoms with Crippen LogP contribution in [0.4, 0.5) is 0 Å². The molecule has 0 aliphatic heterocycles. The molecule has 0 unspecified atom stereocenters. The number of benzene rings is 8. The van der Waals surface area contributed by atoms with Gasteiger partial charge in [0.15, 0.2) is 0 Å². The topological polar surface area (TPSA) is 28.3 Å². The molecular weight excluding hydrogens is 733 g/mol. The highest BCUT2D eigenvalue weighted by Crippen LogP contribution is 2.38.